The summed E-state index contributed by atoms with van der Waals surface area (Å²) in [5.41, 5.74) is 2.69. The van der Waals surface area contributed by atoms with Crippen LogP contribution in [0.3, 0.4) is 0 Å². The molecule has 156 valence electrons. The summed E-state index contributed by atoms with van der Waals surface area (Å²) >= 11 is 5.94. The van der Waals surface area contributed by atoms with Crippen molar-refractivity contribution in [2.75, 3.05) is 26.2 Å². The highest BCUT2D eigenvalue weighted by molar-refractivity contribution is 6.30. The topological polar surface area (TPSA) is 60.9 Å². The second-order valence-electron chi connectivity index (χ2n) is 7.77. The molecule has 2 aliphatic heterocycles. The van der Waals surface area contributed by atoms with Crippen molar-refractivity contribution >= 4 is 29.3 Å². The van der Waals surface area contributed by atoms with E-state index in [1.807, 2.05) is 41.3 Å². The quantitative estimate of drug-likeness (QED) is 0.691. The van der Waals surface area contributed by atoms with E-state index >= 15 is 0 Å². The van der Waals surface area contributed by atoms with Crippen LogP contribution in [0.25, 0.3) is 0 Å². The zero-order chi connectivity index (χ0) is 21.1. The number of rotatable bonds is 5. The van der Waals surface area contributed by atoms with E-state index in [-0.39, 0.29) is 24.3 Å². The summed E-state index contributed by atoms with van der Waals surface area (Å²) in [5.74, 6) is -0.241. The molecule has 0 atom stereocenters. The number of hydrogen-bond acceptors (Lipinski definition) is 4. The lowest BCUT2D eigenvalue weighted by atomic mass is 10.1. The molecule has 2 aromatic rings. The normalized spacial score (nSPS) is 17.6. The average Bonchev–Trinajstić information content (AvgIpc) is 3.08. The van der Waals surface area contributed by atoms with E-state index in [1.165, 1.54) is 10.5 Å². The van der Waals surface area contributed by atoms with Crippen molar-refractivity contribution in [2.45, 2.75) is 25.9 Å². The number of hydrogen-bond donors (Lipinski definition) is 0. The number of likely N-dealkylation sites (tertiary alicyclic amines) is 1. The Balaban J connectivity index is 1.30. The van der Waals surface area contributed by atoms with Gasteiger partial charge in [0.1, 0.15) is 0 Å². The minimum Gasteiger partial charge on any atom is -0.336 e. The Morgan fingerprint density at radius 3 is 1.90 bits per heavy atom. The van der Waals surface area contributed by atoms with Gasteiger partial charge in [0.15, 0.2) is 0 Å². The maximum absolute atomic E-state index is 12.8. The van der Waals surface area contributed by atoms with Gasteiger partial charge in [0.05, 0.1) is 6.54 Å². The lowest BCUT2D eigenvalue weighted by molar-refractivity contribution is -0.139. The summed E-state index contributed by atoms with van der Waals surface area (Å²) in [5, 5.41) is 0.735. The summed E-state index contributed by atoms with van der Waals surface area (Å²) in [6.45, 7) is 4.14. The van der Waals surface area contributed by atoms with Gasteiger partial charge in [-0.2, -0.15) is 0 Å². The number of carbonyl (C=O) groups is 3. The van der Waals surface area contributed by atoms with Crippen LogP contribution in [0, 0.1) is 0 Å². The largest absolute Gasteiger partial charge is 0.336 e. The Morgan fingerprint density at radius 1 is 0.767 bits per heavy atom. The highest BCUT2D eigenvalue weighted by Gasteiger charge is 2.29. The molecule has 2 aliphatic rings. The molecule has 2 fully saturated rings. The Bertz CT molecular complexity index is 919. The van der Waals surface area contributed by atoms with Crippen LogP contribution < -0.4 is 0 Å². The molecule has 0 bridgehead atoms. The van der Waals surface area contributed by atoms with Crippen LogP contribution in [0.15, 0.2) is 48.5 Å². The van der Waals surface area contributed by atoms with Crippen LogP contribution in [-0.2, 0) is 22.7 Å². The van der Waals surface area contributed by atoms with Crippen LogP contribution in [0.1, 0.15) is 34.3 Å². The van der Waals surface area contributed by atoms with Crippen molar-refractivity contribution in [3.8, 4) is 0 Å². The van der Waals surface area contributed by atoms with Crippen LogP contribution >= 0.6 is 11.6 Å². The van der Waals surface area contributed by atoms with Crippen LogP contribution in [-0.4, -0.2) is 58.6 Å². The van der Waals surface area contributed by atoms with Crippen molar-refractivity contribution in [1.29, 1.82) is 0 Å². The maximum atomic E-state index is 12.8. The molecule has 6 nitrogen and oxygen atoms in total. The first kappa shape index (κ1) is 20.6. The molecule has 2 aromatic carbocycles. The standard InChI is InChI=1S/C23H24ClN3O3/c24-20-7-3-17(4-8-20)15-25-11-13-26(14-12-25)23(30)19-5-1-18(2-6-19)16-27-21(28)9-10-22(27)29/h1-8H,9-16H2. The van der Waals surface area contributed by atoms with Gasteiger partial charge >= 0.3 is 0 Å². The third kappa shape index (κ3) is 4.71. The van der Waals surface area contributed by atoms with Crippen molar-refractivity contribution in [3.63, 3.8) is 0 Å². The second-order valence-corrected chi connectivity index (χ2v) is 8.20. The number of imide groups is 1. The van der Waals surface area contributed by atoms with Crippen molar-refractivity contribution in [3.05, 3.63) is 70.2 Å². The Labute approximate surface area is 181 Å². The Kier molecular flexibility index (Phi) is 6.16. The first-order chi connectivity index (χ1) is 14.5. The van der Waals surface area contributed by atoms with E-state index in [9.17, 15) is 14.4 Å². The summed E-state index contributed by atoms with van der Waals surface area (Å²) in [4.78, 5) is 41.9. The van der Waals surface area contributed by atoms with Gasteiger partial charge in [-0.1, -0.05) is 35.9 Å². The molecule has 0 spiro atoms. The average molecular weight is 426 g/mol. The van der Waals surface area contributed by atoms with Gasteiger partial charge in [-0.15, -0.1) is 0 Å². The van der Waals surface area contributed by atoms with Crippen molar-refractivity contribution in [2.24, 2.45) is 0 Å². The number of piperazine rings is 1. The summed E-state index contributed by atoms with van der Waals surface area (Å²) in [7, 11) is 0. The maximum Gasteiger partial charge on any atom is 0.253 e. The van der Waals surface area contributed by atoms with Gasteiger partial charge in [-0.3, -0.25) is 24.2 Å². The van der Waals surface area contributed by atoms with Crippen LogP contribution in [0.5, 0.6) is 0 Å². The molecule has 2 heterocycles. The fraction of sp³-hybridized carbons (Fsp3) is 0.348. The molecule has 7 heteroatoms. The molecule has 0 radical (unpaired) electrons. The van der Waals surface area contributed by atoms with E-state index in [2.05, 4.69) is 4.90 Å². The smallest absolute Gasteiger partial charge is 0.253 e. The first-order valence-corrected chi connectivity index (χ1v) is 10.6. The van der Waals surface area contributed by atoms with Crippen molar-refractivity contribution in [1.82, 2.24) is 14.7 Å². The number of nitrogens with zero attached hydrogens (tertiary/aromatic N) is 3. The molecule has 4 rings (SSSR count). The van der Waals surface area contributed by atoms with Crippen LogP contribution in [0.2, 0.25) is 5.02 Å². The van der Waals surface area contributed by atoms with Gasteiger partial charge < -0.3 is 4.90 Å². The molecule has 0 aromatic heterocycles. The SMILES string of the molecule is O=C(c1ccc(CN2C(=O)CCC2=O)cc1)N1CCN(Cc2ccc(Cl)cc2)CC1. The summed E-state index contributed by atoms with van der Waals surface area (Å²) in [6, 6.07) is 15.1. The van der Waals surface area contributed by atoms with E-state index in [0.29, 0.717) is 31.5 Å². The van der Waals surface area contributed by atoms with Crippen molar-refractivity contribution < 1.29 is 14.4 Å². The molecule has 30 heavy (non-hydrogen) atoms. The molecule has 0 unspecified atom stereocenters. The van der Waals surface area contributed by atoms with Gasteiger partial charge in [-0.05, 0) is 35.4 Å². The predicted octanol–water partition coefficient (Wildman–Crippen LogP) is 2.95. The number of halogens is 1. The summed E-state index contributed by atoms with van der Waals surface area (Å²) in [6.07, 6.45) is 0.582. The first-order valence-electron chi connectivity index (χ1n) is 10.2. The predicted molar refractivity (Wildman–Crippen MR) is 114 cm³/mol. The molecule has 0 aliphatic carbocycles. The number of benzene rings is 2. The van der Waals surface area contributed by atoms with Gasteiger partial charge in [0, 0.05) is 56.2 Å². The third-order valence-corrected chi connectivity index (χ3v) is 5.93. The van der Waals surface area contributed by atoms with E-state index < -0.39 is 0 Å². The molecular weight excluding hydrogens is 402 g/mol. The minimum absolute atomic E-state index is 0.0148. The van der Waals surface area contributed by atoms with Gasteiger partial charge in [0.25, 0.3) is 5.91 Å². The van der Waals surface area contributed by atoms with E-state index in [1.54, 1.807) is 12.1 Å². The fourth-order valence-electron chi connectivity index (χ4n) is 3.87. The minimum atomic E-state index is -0.128. The Morgan fingerprint density at radius 2 is 1.30 bits per heavy atom. The lowest BCUT2D eigenvalue weighted by Gasteiger charge is -2.34. The highest BCUT2D eigenvalue weighted by Crippen LogP contribution is 2.18. The second kappa shape index (κ2) is 8.98. The monoisotopic (exact) mass is 425 g/mol. The van der Waals surface area contributed by atoms with E-state index in [0.717, 1.165) is 30.2 Å². The molecular formula is C23H24ClN3O3. The lowest BCUT2D eigenvalue weighted by Crippen LogP contribution is -2.48. The Hall–Kier alpha value is -2.70. The third-order valence-electron chi connectivity index (χ3n) is 5.68. The molecule has 0 saturated carbocycles. The fourth-order valence-corrected chi connectivity index (χ4v) is 4.00. The zero-order valence-electron chi connectivity index (χ0n) is 16.7. The zero-order valence-corrected chi connectivity index (χ0v) is 17.5. The molecule has 2 saturated heterocycles. The van der Waals surface area contributed by atoms with E-state index in [4.69, 9.17) is 11.6 Å². The number of carbonyl (C=O) groups excluding carboxylic acids is 3. The highest BCUT2D eigenvalue weighted by atomic mass is 35.5. The molecule has 3 amide bonds. The van der Waals surface area contributed by atoms with Gasteiger partial charge in [0.2, 0.25) is 11.8 Å². The molecule has 0 N–H and O–H groups in total. The summed E-state index contributed by atoms with van der Waals surface area (Å²) < 4.78 is 0. The van der Waals surface area contributed by atoms with Gasteiger partial charge in [-0.25, -0.2) is 0 Å². The number of amides is 3. The van der Waals surface area contributed by atoms with Crippen LogP contribution in [0.4, 0.5) is 0 Å².